The van der Waals surface area contributed by atoms with Gasteiger partial charge in [-0.3, -0.25) is 9.69 Å². The molecule has 0 aromatic carbocycles. The number of pyridine rings is 1. The van der Waals surface area contributed by atoms with Gasteiger partial charge in [0.05, 0.1) is 32.6 Å². The third-order valence-corrected chi connectivity index (χ3v) is 2.82. The third-order valence-electron chi connectivity index (χ3n) is 2.82. The van der Waals surface area contributed by atoms with Gasteiger partial charge in [-0.2, -0.15) is 0 Å². The topological polar surface area (TPSA) is 95.2 Å². The average Bonchev–Trinajstić information content (AvgIpc) is 2.40. The third kappa shape index (κ3) is 5.30. The molecule has 0 aliphatic heterocycles. The first-order valence-corrected chi connectivity index (χ1v) is 6.48. The molecular weight excluding hydrogens is 264 g/mol. The molecule has 1 heterocycles. The van der Waals surface area contributed by atoms with Crippen molar-refractivity contribution in [3.05, 3.63) is 28.2 Å². The normalized spacial score (nSPS) is 11.2. The minimum Gasteiger partial charge on any atom is -0.503 e. The van der Waals surface area contributed by atoms with E-state index in [2.05, 4.69) is 0 Å². The molecule has 0 saturated carbocycles. The molecule has 114 valence electrons. The number of hydrogen-bond acceptors (Lipinski definition) is 6. The molecule has 0 fully saturated rings. The van der Waals surface area contributed by atoms with Gasteiger partial charge in [0.2, 0.25) is 5.43 Å². The summed E-state index contributed by atoms with van der Waals surface area (Å²) in [7, 11) is 1.83. The Bertz CT molecular complexity index is 461. The maximum Gasteiger partial charge on any atom is 0.223 e. The number of hydrogen-bond donors (Lipinski definition) is 3. The van der Waals surface area contributed by atoms with Gasteiger partial charge in [-0.1, -0.05) is 0 Å². The summed E-state index contributed by atoms with van der Waals surface area (Å²) in [4.78, 5) is 13.4. The van der Waals surface area contributed by atoms with Crippen LogP contribution in [0.1, 0.15) is 5.69 Å². The molecule has 0 aliphatic carbocycles. The summed E-state index contributed by atoms with van der Waals surface area (Å²) in [5.41, 5.74) is 0.307. The minimum atomic E-state index is -0.426. The number of aromatic hydroxyl groups is 1. The van der Waals surface area contributed by atoms with Gasteiger partial charge in [0.25, 0.3) is 0 Å². The lowest BCUT2D eigenvalue weighted by Crippen LogP contribution is -2.25. The van der Waals surface area contributed by atoms with Crippen LogP contribution in [0.4, 0.5) is 0 Å². The van der Waals surface area contributed by atoms with Crippen molar-refractivity contribution < 1.29 is 20.1 Å². The number of ether oxygens (including phenoxy) is 1. The summed E-state index contributed by atoms with van der Waals surface area (Å²) in [6.45, 7) is 2.08. The smallest absolute Gasteiger partial charge is 0.223 e. The Labute approximate surface area is 117 Å². The highest BCUT2D eigenvalue weighted by Crippen LogP contribution is 2.07. The molecular formula is C13H22N2O5. The van der Waals surface area contributed by atoms with Crippen LogP contribution < -0.4 is 5.43 Å². The zero-order valence-corrected chi connectivity index (χ0v) is 11.7. The van der Waals surface area contributed by atoms with Gasteiger partial charge in [0, 0.05) is 31.4 Å². The Morgan fingerprint density at radius 2 is 2.05 bits per heavy atom. The predicted molar refractivity (Wildman–Crippen MR) is 73.7 cm³/mol. The summed E-state index contributed by atoms with van der Waals surface area (Å²) < 4.78 is 6.92. The summed E-state index contributed by atoms with van der Waals surface area (Å²) in [5, 5.41) is 27.0. The van der Waals surface area contributed by atoms with Crippen molar-refractivity contribution in [2.45, 2.75) is 13.1 Å². The molecule has 0 atom stereocenters. The Kier molecular flexibility index (Phi) is 7.24. The largest absolute Gasteiger partial charge is 0.503 e. The molecule has 20 heavy (non-hydrogen) atoms. The van der Waals surface area contributed by atoms with Crippen LogP contribution in [-0.4, -0.2) is 64.8 Å². The quantitative estimate of drug-likeness (QED) is 0.503. The van der Waals surface area contributed by atoms with E-state index in [0.717, 1.165) is 5.69 Å². The highest BCUT2D eigenvalue weighted by molar-refractivity contribution is 5.20. The number of nitrogens with zero attached hydrogens (tertiary/aromatic N) is 2. The van der Waals surface area contributed by atoms with Crippen molar-refractivity contribution >= 4 is 0 Å². The van der Waals surface area contributed by atoms with Crippen molar-refractivity contribution in [3.63, 3.8) is 0 Å². The molecule has 0 unspecified atom stereocenters. The number of aliphatic hydroxyl groups is 2. The van der Waals surface area contributed by atoms with Crippen LogP contribution in [0.15, 0.2) is 17.1 Å². The van der Waals surface area contributed by atoms with Crippen molar-refractivity contribution in [3.8, 4) is 5.75 Å². The standard InChI is InChI=1S/C13H22N2O5/c1-14(2-4-16)9-11-8-12(18)13(19)10-15(11)3-6-20-7-5-17/h8,10,16-17,19H,2-7,9H2,1H3. The second kappa shape index (κ2) is 8.70. The SMILES string of the molecule is CN(CCO)Cc1cc(=O)c(O)cn1CCOCCO. The summed E-state index contributed by atoms with van der Waals surface area (Å²) >= 11 is 0. The molecule has 0 radical (unpaired) electrons. The lowest BCUT2D eigenvalue weighted by atomic mass is 10.3. The van der Waals surface area contributed by atoms with E-state index in [1.54, 1.807) is 4.57 Å². The number of aromatic nitrogens is 1. The van der Waals surface area contributed by atoms with Gasteiger partial charge < -0.3 is 24.6 Å². The van der Waals surface area contributed by atoms with Crippen LogP contribution in [0.25, 0.3) is 0 Å². The van der Waals surface area contributed by atoms with Gasteiger partial charge in [-0.15, -0.1) is 0 Å². The predicted octanol–water partition coefficient (Wildman–Crippen LogP) is -1.01. The molecule has 1 aromatic rings. The second-order valence-corrected chi connectivity index (χ2v) is 4.51. The lowest BCUT2D eigenvalue weighted by Gasteiger charge is -2.19. The lowest BCUT2D eigenvalue weighted by molar-refractivity contribution is 0.0860. The van der Waals surface area contributed by atoms with E-state index in [1.165, 1.54) is 12.3 Å². The Hall–Kier alpha value is -1.41. The maximum absolute atomic E-state index is 11.5. The summed E-state index contributed by atoms with van der Waals surface area (Å²) in [6, 6.07) is 1.38. The van der Waals surface area contributed by atoms with Crippen LogP contribution in [-0.2, 0) is 17.8 Å². The van der Waals surface area contributed by atoms with Crippen molar-refractivity contribution in [2.24, 2.45) is 0 Å². The van der Waals surface area contributed by atoms with Gasteiger partial charge in [-0.25, -0.2) is 0 Å². The fraction of sp³-hybridized carbons (Fsp3) is 0.615. The number of likely N-dealkylation sites (N-methyl/N-ethyl adjacent to an activating group) is 1. The van der Waals surface area contributed by atoms with E-state index in [0.29, 0.717) is 26.2 Å². The Balaban J connectivity index is 2.78. The second-order valence-electron chi connectivity index (χ2n) is 4.51. The van der Waals surface area contributed by atoms with E-state index in [-0.39, 0.29) is 25.6 Å². The molecule has 0 spiro atoms. The molecule has 7 nitrogen and oxygen atoms in total. The fourth-order valence-corrected chi connectivity index (χ4v) is 1.80. The Morgan fingerprint density at radius 3 is 2.70 bits per heavy atom. The highest BCUT2D eigenvalue weighted by atomic mass is 16.5. The van der Waals surface area contributed by atoms with E-state index >= 15 is 0 Å². The molecule has 1 aromatic heterocycles. The highest BCUT2D eigenvalue weighted by Gasteiger charge is 2.08. The molecule has 0 aliphatic rings. The maximum atomic E-state index is 11.5. The van der Waals surface area contributed by atoms with Crippen LogP contribution >= 0.6 is 0 Å². The number of rotatable bonds is 9. The minimum absolute atomic E-state index is 0.0401. The van der Waals surface area contributed by atoms with Crippen LogP contribution in [0.3, 0.4) is 0 Å². The van der Waals surface area contributed by atoms with Gasteiger partial charge >= 0.3 is 0 Å². The monoisotopic (exact) mass is 286 g/mol. The van der Waals surface area contributed by atoms with E-state index in [1.807, 2.05) is 11.9 Å². The van der Waals surface area contributed by atoms with Crippen LogP contribution in [0.5, 0.6) is 5.75 Å². The summed E-state index contributed by atoms with van der Waals surface area (Å²) in [6.07, 6.45) is 1.38. The first-order valence-electron chi connectivity index (χ1n) is 6.48. The van der Waals surface area contributed by atoms with Crippen molar-refractivity contribution in [1.29, 1.82) is 0 Å². The molecule has 0 amide bonds. The number of aliphatic hydroxyl groups excluding tert-OH is 2. The summed E-state index contributed by atoms with van der Waals surface area (Å²) in [5.74, 6) is -0.305. The first kappa shape index (κ1) is 16.6. The van der Waals surface area contributed by atoms with Gasteiger partial charge in [0.15, 0.2) is 5.75 Å². The van der Waals surface area contributed by atoms with Gasteiger partial charge in [-0.05, 0) is 7.05 Å². The van der Waals surface area contributed by atoms with Crippen molar-refractivity contribution in [1.82, 2.24) is 9.47 Å². The molecule has 3 N–H and O–H groups in total. The molecule has 0 bridgehead atoms. The van der Waals surface area contributed by atoms with Gasteiger partial charge in [0.1, 0.15) is 0 Å². The van der Waals surface area contributed by atoms with Crippen LogP contribution in [0.2, 0.25) is 0 Å². The molecule has 0 saturated heterocycles. The Morgan fingerprint density at radius 1 is 1.30 bits per heavy atom. The average molecular weight is 286 g/mol. The van der Waals surface area contributed by atoms with E-state index in [4.69, 9.17) is 14.9 Å². The van der Waals surface area contributed by atoms with E-state index < -0.39 is 5.43 Å². The molecule has 7 heteroatoms. The fourth-order valence-electron chi connectivity index (χ4n) is 1.80. The zero-order chi connectivity index (χ0) is 15.0. The van der Waals surface area contributed by atoms with E-state index in [9.17, 15) is 9.90 Å². The zero-order valence-electron chi connectivity index (χ0n) is 11.7. The first-order chi connectivity index (χ1) is 9.58. The van der Waals surface area contributed by atoms with Crippen molar-refractivity contribution in [2.75, 3.05) is 40.0 Å². The van der Waals surface area contributed by atoms with Crippen LogP contribution in [0, 0.1) is 0 Å². The molecule has 1 rings (SSSR count).